The molecule has 1 aliphatic rings. The fraction of sp³-hybridized carbons (Fsp3) is 0.211. The van der Waals surface area contributed by atoms with Gasteiger partial charge in [-0.1, -0.05) is 12.1 Å². The van der Waals surface area contributed by atoms with Crippen LogP contribution < -0.4 is 5.32 Å². The Balaban J connectivity index is 1.49. The molecule has 3 aromatic rings. The molecular formula is C19H18FN3O3S2. The van der Waals surface area contributed by atoms with E-state index in [1.54, 1.807) is 36.4 Å². The second-order valence-electron chi connectivity index (χ2n) is 6.21. The summed E-state index contributed by atoms with van der Waals surface area (Å²) >= 11 is 1.42. The number of nitrogens with one attached hydrogen (secondary N) is 1. The third-order valence-electron chi connectivity index (χ3n) is 4.36. The van der Waals surface area contributed by atoms with E-state index < -0.39 is 10.0 Å². The van der Waals surface area contributed by atoms with Crippen molar-refractivity contribution >= 4 is 32.2 Å². The number of benzene rings is 2. The van der Waals surface area contributed by atoms with Gasteiger partial charge in [-0.3, -0.25) is 0 Å². The van der Waals surface area contributed by atoms with E-state index in [-0.39, 0.29) is 10.7 Å². The van der Waals surface area contributed by atoms with Gasteiger partial charge in [0.1, 0.15) is 5.82 Å². The maximum Gasteiger partial charge on any atom is 0.243 e. The molecule has 0 spiro atoms. The number of ether oxygens (including phenoxy) is 1. The molecule has 1 aliphatic heterocycles. The van der Waals surface area contributed by atoms with Gasteiger partial charge in [0, 0.05) is 29.7 Å². The van der Waals surface area contributed by atoms with Gasteiger partial charge in [0.25, 0.3) is 0 Å². The second kappa shape index (κ2) is 7.96. The van der Waals surface area contributed by atoms with Crippen LogP contribution in [-0.4, -0.2) is 44.0 Å². The van der Waals surface area contributed by atoms with Crippen molar-refractivity contribution in [2.24, 2.45) is 0 Å². The normalized spacial score (nSPS) is 15.5. The van der Waals surface area contributed by atoms with E-state index >= 15 is 0 Å². The van der Waals surface area contributed by atoms with Crippen LogP contribution in [0.2, 0.25) is 0 Å². The minimum absolute atomic E-state index is 0.262. The summed E-state index contributed by atoms with van der Waals surface area (Å²) in [6, 6.07) is 12.8. The van der Waals surface area contributed by atoms with Crippen molar-refractivity contribution < 1.29 is 17.5 Å². The van der Waals surface area contributed by atoms with E-state index in [0.29, 0.717) is 31.4 Å². The first kappa shape index (κ1) is 19.0. The van der Waals surface area contributed by atoms with E-state index in [1.807, 2.05) is 5.38 Å². The molecule has 0 radical (unpaired) electrons. The highest BCUT2D eigenvalue weighted by atomic mass is 32.2. The Bertz CT molecular complexity index is 1040. The van der Waals surface area contributed by atoms with Crippen LogP contribution in [0.4, 0.5) is 15.2 Å². The fourth-order valence-electron chi connectivity index (χ4n) is 2.85. The summed E-state index contributed by atoms with van der Waals surface area (Å²) in [7, 11) is -3.51. The summed E-state index contributed by atoms with van der Waals surface area (Å²) in [6.07, 6.45) is 0. The average Bonchev–Trinajstić information content (AvgIpc) is 3.19. The first-order valence-corrected chi connectivity index (χ1v) is 11.0. The largest absolute Gasteiger partial charge is 0.379 e. The summed E-state index contributed by atoms with van der Waals surface area (Å²) in [5, 5.41) is 5.69. The monoisotopic (exact) mass is 419 g/mol. The van der Waals surface area contributed by atoms with Crippen LogP contribution >= 0.6 is 11.3 Å². The van der Waals surface area contributed by atoms with Crippen molar-refractivity contribution in [2.45, 2.75) is 4.90 Å². The molecule has 28 heavy (non-hydrogen) atoms. The molecular weight excluding hydrogens is 401 g/mol. The Morgan fingerprint density at radius 3 is 2.39 bits per heavy atom. The third-order valence-corrected chi connectivity index (χ3v) is 7.03. The van der Waals surface area contributed by atoms with Gasteiger partial charge in [0.15, 0.2) is 5.13 Å². The van der Waals surface area contributed by atoms with Crippen molar-refractivity contribution in [2.75, 3.05) is 31.6 Å². The molecule has 2 heterocycles. The summed E-state index contributed by atoms with van der Waals surface area (Å²) in [4.78, 5) is 4.78. The van der Waals surface area contributed by atoms with E-state index in [4.69, 9.17) is 4.74 Å². The van der Waals surface area contributed by atoms with Gasteiger partial charge in [0.05, 0.1) is 23.8 Å². The van der Waals surface area contributed by atoms with Crippen LogP contribution in [0.15, 0.2) is 58.8 Å². The molecule has 6 nitrogen and oxygen atoms in total. The Labute approximate surface area is 166 Å². The highest BCUT2D eigenvalue weighted by Gasteiger charge is 2.26. The molecule has 0 saturated carbocycles. The number of rotatable bonds is 5. The van der Waals surface area contributed by atoms with Crippen LogP contribution in [-0.2, 0) is 14.8 Å². The van der Waals surface area contributed by atoms with E-state index in [1.165, 1.54) is 27.8 Å². The van der Waals surface area contributed by atoms with Crippen molar-refractivity contribution in [3.8, 4) is 11.3 Å². The lowest BCUT2D eigenvalue weighted by Crippen LogP contribution is -2.40. The molecule has 0 unspecified atom stereocenters. The van der Waals surface area contributed by atoms with Gasteiger partial charge in [-0.2, -0.15) is 4.31 Å². The fourth-order valence-corrected chi connectivity index (χ4v) is 5.00. The van der Waals surface area contributed by atoms with Crippen molar-refractivity contribution in [1.82, 2.24) is 9.29 Å². The molecule has 4 rings (SSSR count). The SMILES string of the molecule is O=S(=O)(c1ccc(-c2csc(Nc3ccc(F)cc3)n2)cc1)N1CCOCC1. The zero-order valence-corrected chi connectivity index (χ0v) is 16.5. The highest BCUT2D eigenvalue weighted by molar-refractivity contribution is 7.89. The zero-order valence-electron chi connectivity index (χ0n) is 14.8. The number of sulfonamides is 1. The van der Waals surface area contributed by atoms with Crippen LogP contribution in [0, 0.1) is 5.82 Å². The number of nitrogens with zero attached hydrogens (tertiary/aromatic N) is 2. The molecule has 1 N–H and O–H groups in total. The summed E-state index contributed by atoms with van der Waals surface area (Å²) in [5.41, 5.74) is 2.31. The van der Waals surface area contributed by atoms with Crippen molar-refractivity contribution in [1.29, 1.82) is 0 Å². The molecule has 0 amide bonds. The maximum absolute atomic E-state index is 13.0. The Hall–Kier alpha value is -2.33. The summed E-state index contributed by atoms with van der Waals surface area (Å²) in [5.74, 6) is -0.294. The van der Waals surface area contributed by atoms with Crippen LogP contribution in [0.3, 0.4) is 0 Å². The minimum Gasteiger partial charge on any atom is -0.379 e. The van der Waals surface area contributed by atoms with E-state index in [2.05, 4.69) is 10.3 Å². The number of hydrogen-bond acceptors (Lipinski definition) is 6. The lowest BCUT2D eigenvalue weighted by Gasteiger charge is -2.26. The molecule has 1 aromatic heterocycles. The standard InChI is InChI=1S/C19H18FN3O3S2/c20-15-3-5-16(6-4-15)21-19-22-18(13-27-19)14-1-7-17(8-2-14)28(24,25)23-9-11-26-12-10-23/h1-8,13H,9-12H2,(H,21,22). The van der Waals surface area contributed by atoms with Gasteiger partial charge in [-0.05, 0) is 36.4 Å². The topological polar surface area (TPSA) is 71.5 Å². The van der Waals surface area contributed by atoms with Gasteiger partial charge in [-0.25, -0.2) is 17.8 Å². The first-order valence-electron chi connectivity index (χ1n) is 8.69. The van der Waals surface area contributed by atoms with E-state index in [0.717, 1.165) is 16.9 Å². The summed E-state index contributed by atoms with van der Waals surface area (Å²) in [6.45, 7) is 1.57. The predicted molar refractivity (Wildman–Crippen MR) is 107 cm³/mol. The first-order chi connectivity index (χ1) is 13.5. The number of anilines is 2. The van der Waals surface area contributed by atoms with Crippen LogP contribution in [0.1, 0.15) is 0 Å². The summed E-state index contributed by atoms with van der Waals surface area (Å²) < 4.78 is 45.0. The lowest BCUT2D eigenvalue weighted by molar-refractivity contribution is 0.0730. The third kappa shape index (κ3) is 4.07. The average molecular weight is 420 g/mol. The molecule has 2 aromatic carbocycles. The Kier molecular flexibility index (Phi) is 5.40. The minimum atomic E-state index is -3.51. The number of thiazole rings is 1. The van der Waals surface area contributed by atoms with Gasteiger partial charge in [-0.15, -0.1) is 11.3 Å². The number of hydrogen-bond donors (Lipinski definition) is 1. The Morgan fingerprint density at radius 2 is 1.71 bits per heavy atom. The highest BCUT2D eigenvalue weighted by Crippen LogP contribution is 2.28. The van der Waals surface area contributed by atoms with Gasteiger partial charge in [0.2, 0.25) is 10.0 Å². The smallest absolute Gasteiger partial charge is 0.243 e. The molecule has 0 bridgehead atoms. The van der Waals surface area contributed by atoms with Gasteiger partial charge >= 0.3 is 0 Å². The molecule has 0 aliphatic carbocycles. The second-order valence-corrected chi connectivity index (χ2v) is 9.01. The van der Waals surface area contributed by atoms with Crippen LogP contribution in [0.25, 0.3) is 11.3 Å². The maximum atomic E-state index is 13.0. The molecule has 9 heteroatoms. The van der Waals surface area contributed by atoms with Crippen LogP contribution in [0.5, 0.6) is 0 Å². The lowest BCUT2D eigenvalue weighted by atomic mass is 10.2. The van der Waals surface area contributed by atoms with Gasteiger partial charge < -0.3 is 10.1 Å². The van der Waals surface area contributed by atoms with Crippen molar-refractivity contribution in [3.05, 3.63) is 59.7 Å². The Morgan fingerprint density at radius 1 is 1.04 bits per heavy atom. The molecule has 146 valence electrons. The van der Waals surface area contributed by atoms with E-state index in [9.17, 15) is 12.8 Å². The molecule has 1 fully saturated rings. The molecule has 1 saturated heterocycles. The number of halogens is 1. The number of aromatic nitrogens is 1. The zero-order chi connectivity index (χ0) is 19.6. The quantitative estimate of drug-likeness (QED) is 0.683. The van der Waals surface area contributed by atoms with Crippen molar-refractivity contribution in [3.63, 3.8) is 0 Å². The predicted octanol–water partition coefficient (Wildman–Crippen LogP) is 3.71. The number of morpholine rings is 1. The molecule has 0 atom stereocenters.